The van der Waals surface area contributed by atoms with Gasteiger partial charge >= 0.3 is 0 Å². The first-order valence-electron chi connectivity index (χ1n) is 11.8. The number of anilines is 2. The first-order valence-corrected chi connectivity index (χ1v) is 11.8. The summed E-state index contributed by atoms with van der Waals surface area (Å²) in [5.41, 5.74) is 3.81. The minimum atomic E-state index is -0.191. The molecule has 0 bridgehead atoms. The number of aryl methyl sites for hydroxylation is 1. The number of nitrogens with zero attached hydrogens (tertiary/aromatic N) is 8. The molecule has 1 saturated heterocycles. The number of aromatic nitrogens is 7. The molecule has 0 spiro atoms. The first-order chi connectivity index (χ1) is 16.4. The summed E-state index contributed by atoms with van der Waals surface area (Å²) in [6, 6.07) is 4.34. The Kier molecular flexibility index (Phi) is 4.98. The molecule has 4 aromatic heterocycles. The second-order valence-electron chi connectivity index (χ2n) is 9.74. The van der Waals surface area contributed by atoms with Crippen molar-refractivity contribution in [3.05, 3.63) is 36.9 Å². The van der Waals surface area contributed by atoms with Crippen molar-refractivity contribution in [2.45, 2.75) is 44.2 Å². The van der Waals surface area contributed by atoms with Crippen molar-refractivity contribution < 1.29 is 4.74 Å². The molecular weight excluding hydrogens is 430 g/mol. The number of piperidine rings is 1. The van der Waals surface area contributed by atoms with Crippen molar-refractivity contribution in [3.63, 3.8) is 0 Å². The van der Waals surface area contributed by atoms with E-state index in [0.717, 1.165) is 61.2 Å². The van der Waals surface area contributed by atoms with Gasteiger partial charge in [-0.05, 0) is 64.9 Å². The normalized spacial score (nSPS) is 18.3. The van der Waals surface area contributed by atoms with Crippen molar-refractivity contribution in [1.82, 2.24) is 39.4 Å². The van der Waals surface area contributed by atoms with Gasteiger partial charge in [0.1, 0.15) is 5.60 Å². The number of hydrogen-bond acceptors (Lipinski definition) is 8. The molecule has 1 N–H and O–H groups in total. The van der Waals surface area contributed by atoms with Gasteiger partial charge in [0.2, 0.25) is 11.8 Å². The molecule has 10 heteroatoms. The average Bonchev–Trinajstić information content (AvgIpc) is 3.18. The van der Waals surface area contributed by atoms with Crippen molar-refractivity contribution in [2.75, 3.05) is 25.5 Å². The van der Waals surface area contributed by atoms with Gasteiger partial charge in [-0.25, -0.2) is 9.97 Å². The molecule has 0 amide bonds. The zero-order valence-corrected chi connectivity index (χ0v) is 19.8. The summed E-state index contributed by atoms with van der Waals surface area (Å²) in [4.78, 5) is 16.6. The molecule has 0 radical (unpaired) electrons. The van der Waals surface area contributed by atoms with E-state index in [4.69, 9.17) is 19.7 Å². The van der Waals surface area contributed by atoms with Crippen LogP contribution >= 0.6 is 0 Å². The van der Waals surface area contributed by atoms with Gasteiger partial charge in [0.05, 0.1) is 35.3 Å². The molecule has 2 fully saturated rings. The molecule has 0 atom stereocenters. The standard InChI is InChI=1S/C24H29N9O/c1-24(8-9-24)34-22-21-20(5-4-19(28-21)16-12-25-32(3)14-16)29-23(30-22)27-17-13-26-33(15-17)18-6-10-31(2)11-7-18/h4-5,12-15,18H,6-11H2,1-3H3,(H,27,29,30). The molecule has 10 nitrogen and oxygen atoms in total. The van der Waals surface area contributed by atoms with Gasteiger partial charge in [0, 0.05) is 25.0 Å². The zero-order valence-electron chi connectivity index (χ0n) is 19.8. The Morgan fingerprint density at radius 3 is 2.56 bits per heavy atom. The van der Waals surface area contributed by atoms with Crippen LogP contribution in [0, 0.1) is 0 Å². The zero-order chi connectivity index (χ0) is 23.3. The van der Waals surface area contributed by atoms with Gasteiger partial charge in [0.15, 0.2) is 5.52 Å². The van der Waals surface area contributed by atoms with Crippen molar-refractivity contribution in [2.24, 2.45) is 7.05 Å². The van der Waals surface area contributed by atoms with Crippen LogP contribution in [0.5, 0.6) is 5.88 Å². The molecule has 5 heterocycles. The van der Waals surface area contributed by atoms with Crippen molar-refractivity contribution in [1.29, 1.82) is 0 Å². The Balaban J connectivity index is 1.31. The third-order valence-corrected chi connectivity index (χ3v) is 6.73. The Bertz CT molecular complexity index is 1330. The molecule has 1 aliphatic heterocycles. The van der Waals surface area contributed by atoms with Crippen LogP contribution in [0.25, 0.3) is 22.3 Å². The predicted octanol–water partition coefficient (Wildman–Crippen LogP) is 3.56. The van der Waals surface area contributed by atoms with Crippen molar-refractivity contribution >= 4 is 22.7 Å². The fraction of sp³-hybridized carbons (Fsp3) is 0.458. The lowest BCUT2D eigenvalue weighted by atomic mass is 10.1. The second-order valence-corrected chi connectivity index (χ2v) is 9.74. The Morgan fingerprint density at radius 1 is 1.00 bits per heavy atom. The molecule has 4 aromatic rings. The quantitative estimate of drug-likeness (QED) is 0.467. The Labute approximate surface area is 198 Å². The predicted molar refractivity (Wildman–Crippen MR) is 129 cm³/mol. The number of ether oxygens (including phenoxy) is 1. The molecule has 0 aromatic carbocycles. The molecule has 34 heavy (non-hydrogen) atoms. The van der Waals surface area contributed by atoms with Gasteiger partial charge in [-0.1, -0.05) is 0 Å². The van der Waals surface area contributed by atoms with E-state index < -0.39 is 0 Å². The van der Waals surface area contributed by atoms with Gasteiger partial charge in [-0.3, -0.25) is 9.36 Å². The monoisotopic (exact) mass is 459 g/mol. The molecule has 1 saturated carbocycles. The van der Waals surface area contributed by atoms with Crippen LogP contribution in [0.2, 0.25) is 0 Å². The number of hydrogen-bond donors (Lipinski definition) is 1. The summed E-state index contributed by atoms with van der Waals surface area (Å²) in [6.45, 7) is 4.29. The fourth-order valence-corrected chi connectivity index (χ4v) is 4.33. The highest BCUT2D eigenvalue weighted by Crippen LogP contribution is 2.41. The van der Waals surface area contributed by atoms with Crippen LogP contribution in [0.15, 0.2) is 36.9 Å². The van der Waals surface area contributed by atoms with Crippen LogP contribution in [-0.2, 0) is 7.05 Å². The third-order valence-electron chi connectivity index (χ3n) is 6.73. The highest BCUT2D eigenvalue weighted by Gasteiger charge is 2.41. The van der Waals surface area contributed by atoms with E-state index in [9.17, 15) is 0 Å². The van der Waals surface area contributed by atoms with Gasteiger partial charge in [-0.15, -0.1) is 0 Å². The topological polar surface area (TPSA) is 98.8 Å². The third kappa shape index (κ3) is 4.21. The number of pyridine rings is 1. The van der Waals surface area contributed by atoms with E-state index in [2.05, 4.69) is 39.1 Å². The van der Waals surface area contributed by atoms with Gasteiger partial charge in [-0.2, -0.15) is 15.2 Å². The Hall–Kier alpha value is -3.53. The van der Waals surface area contributed by atoms with E-state index in [-0.39, 0.29) is 5.60 Å². The van der Waals surface area contributed by atoms with E-state index in [1.807, 2.05) is 37.8 Å². The maximum atomic E-state index is 6.31. The highest BCUT2D eigenvalue weighted by atomic mass is 16.5. The molecule has 0 unspecified atom stereocenters. The number of likely N-dealkylation sites (tertiary alicyclic amines) is 1. The second kappa shape index (κ2) is 8.05. The molecule has 6 rings (SSSR count). The van der Waals surface area contributed by atoms with E-state index in [0.29, 0.717) is 23.4 Å². The smallest absolute Gasteiger partial charge is 0.246 e. The minimum Gasteiger partial charge on any atom is -0.470 e. The van der Waals surface area contributed by atoms with E-state index in [1.54, 1.807) is 10.9 Å². The maximum absolute atomic E-state index is 6.31. The summed E-state index contributed by atoms with van der Waals surface area (Å²) in [5.74, 6) is 0.978. The van der Waals surface area contributed by atoms with Crippen LogP contribution in [0.3, 0.4) is 0 Å². The largest absolute Gasteiger partial charge is 0.470 e. The van der Waals surface area contributed by atoms with Crippen LogP contribution in [0.4, 0.5) is 11.6 Å². The molecule has 2 aliphatic rings. The van der Waals surface area contributed by atoms with Crippen molar-refractivity contribution in [3.8, 4) is 17.1 Å². The summed E-state index contributed by atoms with van der Waals surface area (Å²) in [5, 5.41) is 12.2. The number of fused-ring (bicyclic) bond motifs is 1. The lowest BCUT2D eigenvalue weighted by Gasteiger charge is -2.28. The van der Waals surface area contributed by atoms with Gasteiger partial charge < -0.3 is 15.0 Å². The maximum Gasteiger partial charge on any atom is 0.246 e. The summed E-state index contributed by atoms with van der Waals surface area (Å²) >= 11 is 0. The number of rotatable bonds is 6. The lowest BCUT2D eigenvalue weighted by molar-refractivity contribution is 0.194. The number of nitrogens with one attached hydrogen (secondary N) is 1. The summed E-state index contributed by atoms with van der Waals surface area (Å²) in [7, 11) is 4.06. The average molecular weight is 460 g/mol. The van der Waals surface area contributed by atoms with Crippen LogP contribution < -0.4 is 10.1 Å². The fourth-order valence-electron chi connectivity index (χ4n) is 4.33. The highest BCUT2D eigenvalue weighted by molar-refractivity contribution is 5.83. The summed E-state index contributed by atoms with van der Waals surface area (Å²) in [6.07, 6.45) is 11.8. The SMILES string of the molecule is CN1CCC(n2cc(Nc3nc(OC4(C)CC4)c4nc(-c5cnn(C)c5)ccc4n3)cn2)CC1. The van der Waals surface area contributed by atoms with E-state index >= 15 is 0 Å². The van der Waals surface area contributed by atoms with E-state index in [1.165, 1.54) is 0 Å². The van der Waals surface area contributed by atoms with Crippen LogP contribution in [-0.4, -0.2) is 65.2 Å². The van der Waals surface area contributed by atoms with Gasteiger partial charge in [0.25, 0.3) is 0 Å². The minimum absolute atomic E-state index is 0.191. The summed E-state index contributed by atoms with van der Waals surface area (Å²) < 4.78 is 10.1. The molecular formula is C24H29N9O. The Morgan fingerprint density at radius 2 is 1.82 bits per heavy atom. The molecule has 1 aliphatic carbocycles. The first kappa shape index (κ1) is 21.0. The molecule has 176 valence electrons. The van der Waals surface area contributed by atoms with Crippen LogP contribution in [0.1, 0.15) is 38.6 Å². The lowest BCUT2D eigenvalue weighted by Crippen LogP contribution is -2.31.